The highest BCUT2D eigenvalue weighted by atomic mass is 35.5. The molecular weight excluding hydrogens is 289 g/mol. The van der Waals surface area contributed by atoms with Crippen LogP contribution in [0.15, 0.2) is 36.4 Å². The van der Waals surface area contributed by atoms with E-state index in [4.69, 9.17) is 16.3 Å². The standard InChI is InChI=1S/C17H19ClFNO/c1-4-20-17(12-7-5-6-8-16(12)21-3)13-9-11(2)15(19)10-14(13)18/h5-10,17,20H,4H2,1-3H3. The van der Waals surface area contributed by atoms with E-state index in [0.29, 0.717) is 10.6 Å². The quantitative estimate of drug-likeness (QED) is 0.878. The van der Waals surface area contributed by atoms with E-state index in [9.17, 15) is 4.39 Å². The van der Waals surface area contributed by atoms with Crippen molar-refractivity contribution in [1.29, 1.82) is 0 Å². The Morgan fingerprint density at radius 3 is 2.62 bits per heavy atom. The summed E-state index contributed by atoms with van der Waals surface area (Å²) in [5.41, 5.74) is 2.41. The number of benzene rings is 2. The molecule has 1 atom stereocenters. The van der Waals surface area contributed by atoms with E-state index in [1.807, 2.05) is 31.2 Å². The first kappa shape index (κ1) is 15.8. The minimum Gasteiger partial charge on any atom is -0.496 e. The molecule has 0 bridgehead atoms. The van der Waals surface area contributed by atoms with Crippen LogP contribution in [0.2, 0.25) is 5.02 Å². The zero-order valence-electron chi connectivity index (χ0n) is 12.4. The number of halogens is 2. The van der Waals surface area contributed by atoms with Crippen LogP contribution in [0.4, 0.5) is 4.39 Å². The van der Waals surface area contributed by atoms with Crippen molar-refractivity contribution in [3.05, 3.63) is 63.9 Å². The van der Waals surface area contributed by atoms with Gasteiger partial charge in [-0.3, -0.25) is 0 Å². The van der Waals surface area contributed by atoms with E-state index in [-0.39, 0.29) is 11.9 Å². The fourth-order valence-electron chi connectivity index (χ4n) is 2.40. The summed E-state index contributed by atoms with van der Waals surface area (Å²) >= 11 is 6.26. The molecule has 0 aliphatic carbocycles. The summed E-state index contributed by atoms with van der Waals surface area (Å²) in [7, 11) is 1.64. The van der Waals surface area contributed by atoms with E-state index >= 15 is 0 Å². The predicted octanol–water partition coefficient (Wildman–Crippen LogP) is 4.50. The van der Waals surface area contributed by atoms with Crippen molar-refractivity contribution in [3.8, 4) is 5.75 Å². The first-order chi connectivity index (χ1) is 10.1. The fraction of sp³-hybridized carbons (Fsp3) is 0.294. The van der Waals surface area contributed by atoms with Gasteiger partial charge >= 0.3 is 0 Å². The predicted molar refractivity (Wildman–Crippen MR) is 84.7 cm³/mol. The van der Waals surface area contributed by atoms with Gasteiger partial charge in [0, 0.05) is 10.6 Å². The minimum absolute atomic E-state index is 0.141. The molecule has 1 unspecified atom stereocenters. The molecule has 4 heteroatoms. The van der Waals surface area contributed by atoms with E-state index in [2.05, 4.69) is 5.32 Å². The van der Waals surface area contributed by atoms with Crippen molar-refractivity contribution in [2.24, 2.45) is 0 Å². The lowest BCUT2D eigenvalue weighted by Crippen LogP contribution is -2.23. The summed E-state index contributed by atoms with van der Waals surface area (Å²) in [5, 5.41) is 3.80. The van der Waals surface area contributed by atoms with Crippen molar-refractivity contribution >= 4 is 11.6 Å². The van der Waals surface area contributed by atoms with Crippen molar-refractivity contribution < 1.29 is 9.13 Å². The molecule has 112 valence electrons. The number of ether oxygens (including phenoxy) is 1. The molecular formula is C17H19ClFNO. The number of hydrogen-bond acceptors (Lipinski definition) is 2. The lowest BCUT2D eigenvalue weighted by atomic mass is 9.96. The van der Waals surface area contributed by atoms with Gasteiger partial charge in [0.15, 0.2) is 0 Å². The Morgan fingerprint density at radius 2 is 1.95 bits per heavy atom. The normalized spacial score (nSPS) is 12.2. The molecule has 0 aliphatic rings. The third-order valence-electron chi connectivity index (χ3n) is 3.45. The topological polar surface area (TPSA) is 21.3 Å². The molecule has 0 spiro atoms. The lowest BCUT2D eigenvalue weighted by molar-refractivity contribution is 0.404. The Hall–Kier alpha value is -1.58. The monoisotopic (exact) mass is 307 g/mol. The third-order valence-corrected chi connectivity index (χ3v) is 3.77. The second kappa shape index (κ2) is 6.92. The molecule has 0 radical (unpaired) electrons. The third kappa shape index (κ3) is 3.36. The zero-order chi connectivity index (χ0) is 15.4. The van der Waals surface area contributed by atoms with E-state index in [1.54, 1.807) is 20.1 Å². The van der Waals surface area contributed by atoms with Gasteiger partial charge in [-0.1, -0.05) is 36.7 Å². The molecule has 0 aromatic heterocycles. The van der Waals surface area contributed by atoms with Gasteiger partial charge in [-0.2, -0.15) is 0 Å². The fourth-order valence-corrected chi connectivity index (χ4v) is 2.66. The van der Waals surface area contributed by atoms with E-state index in [1.165, 1.54) is 6.07 Å². The first-order valence-electron chi connectivity index (χ1n) is 6.90. The van der Waals surface area contributed by atoms with Gasteiger partial charge < -0.3 is 10.1 Å². The van der Waals surface area contributed by atoms with Gasteiger partial charge in [0.25, 0.3) is 0 Å². The maximum absolute atomic E-state index is 13.6. The molecule has 2 rings (SSSR count). The van der Waals surface area contributed by atoms with Gasteiger partial charge in [-0.15, -0.1) is 0 Å². The molecule has 0 heterocycles. The van der Waals surface area contributed by atoms with Gasteiger partial charge in [-0.25, -0.2) is 4.39 Å². The van der Waals surface area contributed by atoms with Crippen molar-refractivity contribution in [3.63, 3.8) is 0 Å². The van der Waals surface area contributed by atoms with Crippen molar-refractivity contribution in [1.82, 2.24) is 5.32 Å². The Labute approximate surface area is 129 Å². The Balaban J connectivity index is 2.56. The highest BCUT2D eigenvalue weighted by Gasteiger charge is 2.20. The van der Waals surface area contributed by atoms with Crippen LogP contribution in [-0.2, 0) is 0 Å². The lowest BCUT2D eigenvalue weighted by Gasteiger charge is -2.22. The maximum Gasteiger partial charge on any atom is 0.127 e. The summed E-state index contributed by atoms with van der Waals surface area (Å²) in [6.45, 7) is 4.52. The summed E-state index contributed by atoms with van der Waals surface area (Å²) in [5.74, 6) is 0.487. The molecule has 0 saturated heterocycles. The summed E-state index contributed by atoms with van der Waals surface area (Å²) in [6.07, 6.45) is 0. The average molecular weight is 308 g/mol. The van der Waals surface area contributed by atoms with Gasteiger partial charge in [0.1, 0.15) is 11.6 Å². The molecule has 21 heavy (non-hydrogen) atoms. The van der Waals surface area contributed by atoms with Crippen LogP contribution in [0.5, 0.6) is 5.75 Å². The Bertz CT molecular complexity index is 630. The highest BCUT2D eigenvalue weighted by Crippen LogP contribution is 2.34. The van der Waals surface area contributed by atoms with Gasteiger partial charge in [-0.05, 0) is 42.8 Å². The maximum atomic E-state index is 13.6. The summed E-state index contributed by atoms with van der Waals surface area (Å²) < 4.78 is 19.1. The van der Waals surface area contributed by atoms with Crippen LogP contribution in [0.1, 0.15) is 29.7 Å². The molecule has 1 N–H and O–H groups in total. The van der Waals surface area contributed by atoms with Crippen LogP contribution in [0, 0.1) is 12.7 Å². The number of para-hydroxylation sites is 1. The molecule has 2 aromatic carbocycles. The minimum atomic E-state index is -0.293. The van der Waals surface area contributed by atoms with Crippen LogP contribution in [-0.4, -0.2) is 13.7 Å². The second-order valence-corrected chi connectivity index (χ2v) is 5.26. The average Bonchev–Trinajstić information content (AvgIpc) is 2.49. The van der Waals surface area contributed by atoms with Crippen LogP contribution in [0.3, 0.4) is 0 Å². The number of nitrogens with one attached hydrogen (secondary N) is 1. The van der Waals surface area contributed by atoms with Crippen molar-refractivity contribution in [2.45, 2.75) is 19.9 Å². The molecule has 0 aliphatic heterocycles. The van der Waals surface area contributed by atoms with Crippen LogP contribution in [0.25, 0.3) is 0 Å². The van der Waals surface area contributed by atoms with Crippen LogP contribution < -0.4 is 10.1 Å². The number of aryl methyl sites for hydroxylation is 1. The first-order valence-corrected chi connectivity index (χ1v) is 7.28. The Morgan fingerprint density at radius 1 is 1.24 bits per heavy atom. The zero-order valence-corrected chi connectivity index (χ0v) is 13.2. The van der Waals surface area contributed by atoms with Crippen molar-refractivity contribution in [2.75, 3.05) is 13.7 Å². The number of methoxy groups -OCH3 is 1. The highest BCUT2D eigenvalue weighted by molar-refractivity contribution is 6.31. The molecule has 2 aromatic rings. The Kier molecular flexibility index (Phi) is 5.21. The largest absolute Gasteiger partial charge is 0.496 e. The van der Waals surface area contributed by atoms with E-state index < -0.39 is 0 Å². The van der Waals surface area contributed by atoms with E-state index in [0.717, 1.165) is 23.4 Å². The summed E-state index contributed by atoms with van der Waals surface area (Å²) in [4.78, 5) is 0. The smallest absolute Gasteiger partial charge is 0.127 e. The number of rotatable bonds is 5. The second-order valence-electron chi connectivity index (χ2n) is 4.86. The molecule has 0 fully saturated rings. The molecule has 2 nitrogen and oxygen atoms in total. The number of hydrogen-bond donors (Lipinski definition) is 1. The molecule has 0 saturated carbocycles. The SMILES string of the molecule is CCNC(c1cc(C)c(F)cc1Cl)c1ccccc1OC. The summed E-state index contributed by atoms with van der Waals surface area (Å²) in [6, 6.07) is 10.8. The molecule has 0 amide bonds. The van der Waals surface area contributed by atoms with Crippen LogP contribution >= 0.6 is 11.6 Å². The van der Waals surface area contributed by atoms with Gasteiger partial charge in [0.2, 0.25) is 0 Å². The van der Waals surface area contributed by atoms with Gasteiger partial charge in [0.05, 0.1) is 13.2 Å².